The molecule has 1 aromatic carbocycles. The Kier molecular flexibility index (Phi) is 2.33. The number of pyridine rings is 1. The van der Waals surface area contributed by atoms with Crippen LogP contribution in [0.1, 0.15) is 5.69 Å². The van der Waals surface area contributed by atoms with Crippen LogP contribution in [0.25, 0.3) is 10.9 Å². The number of aliphatic hydroxyl groups is 1. The Labute approximate surface area is 81.7 Å². The molecule has 0 saturated carbocycles. The third kappa shape index (κ3) is 1.54. The molecule has 0 radical (unpaired) electrons. The van der Waals surface area contributed by atoms with Crippen molar-refractivity contribution in [1.82, 2.24) is 4.98 Å². The number of benzene rings is 1. The number of hydrogen-bond acceptors (Lipinski definition) is 3. The topological polar surface area (TPSA) is 53.4 Å². The molecular formula is C11H11NO2. The monoisotopic (exact) mass is 189 g/mol. The molecule has 2 N–H and O–H groups in total. The summed E-state index contributed by atoms with van der Waals surface area (Å²) in [4.78, 5) is 4.25. The number of rotatable bonds is 2. The predicted molar refractivity (Wildman–Crippen MR) is 54.2 cm³/mol. The van der Waals surface area contributed by atoms with E-state index in [-0.39, 0.29) is 12.4 Å². The predicted octanol–water partition coefficient (Wildman–Crippen LogP) is 1.48. The molecule has 3 nitrogen and oxygen atoms in total. The van der Waals surface area contributed by atoms with Gasteiger partial charge in [-0.1, -0.05) is 18.2 Å². The normalized spacial score (nSPS) is 10.6. The van der Waals surface area contributed by atoms with E-state index in [0.717, 1.165) is 11.1 Å². The summed E-state index contributed by atoms with van der Waals surface area (Å²) < 4.78 is 0. The summed E-state index contributed by atoms with van der Waals surface area (Å²) in [6.45, 7) is 0.0755. The van der Waals surface area contributed by atoms with Crippen molar-refractivity contribution in [3.05, 3.63) is 36.0 Å². The van der Waals surface area contributed by atoms with E-state index in [1.54, 1.807) is 12.1 Å². The Morgan fingerprint density at radius 1 is 1.14 bits per heavy atom. The van der Waals surface area contributed by atoms with Gasteiger partial charge in [0.25, 0.3) is 0 Å². The molecule has 0 aliphatic rings. The molecule has 0 aliphatic heterocycles. The van der Waals surface area contributed by atoms with E-state index in [1.807, 2.05) is 18.2 Å². The molecule has 3 heteroatoms. The van der Waals surface area contributed by atoms with Gasteiger partial charge in [0.1, 0.15) is 11.3 Å². The van der Waals surface area contributed by atoms with Crippen molar-refractivity contribution >= 4 is 10.9 Å². The van der Waals surface area contributed by atoms with Crippen molar-refractivity contribution in [1.29, 1.82) is 0 Å². The van der Waals surface area contributed by atoms with Crippen LogP contribution < -0.4 is 0 Å². The van der Waals surface area contributed by atoms with E-state index in [0.29, 0.717) is 11.9 Å². The van der Waals surface area contributed by atoms with Gasteiger partial charge in [-0.3, -0.25) is 0 Å². The highest BCUT2D eigenvalue weighted by atomic mass is 16.3. The van der Waals surface area contributed by atoms with Gasteiger partial charge in [-0.05, 0) is 12.1 Å². The molecule has 0 unspecified atom stereocenters. The van der Waals surface area contributed by atoms with E-state index < -0.39 is 0 Å². The first-order valence-electron chi connectivity index (χ1n) is 4.50. The number of aromatic hydroxyl groups is 1. The second-order valence-corrected chi connectivity index (χ2v) is 3.13. The highest BCUT2D eigenvalue weighted by Gasteiger charge is 2.01. The summed E-state index contributed by atoms with van der Waals surface area (Å²) in [5.74, 6) is 0.183. The number of hydrogen-bond donors (Lipinski definition) is 2. The first-order chi connectivity index (χ1) is 6.81. The minimum absolute atomic E-state index is 0.0755. The van der Waals surface area contributed by atoms with Crippen LogP contribution in [0.3, 0.4) is 0 Å². The lowest BCUT2D eigenvalue weighted by Gasteiger charge is -2.02. The van der Waals surface area contributed by atoms with E-state index >= 15 is 0 Å². The third-order valence-corrected chi connectivity index (χ3v) is 2.12. The fourth-order valence-corrected chi connectivity index (χ4v) is 1.43. The summed E-state index contributed by atoms with van der Waals surface area (Å²) in [5.41, 5.74) is 1.39. The van der Waals surface area contributed by atoms with E-state index in [1.165, 1.54) is 0 Å². The lowest BCUT2D eigenvalue weighted by Crippen LogP contribution is -1.94. The van der Waals surface area contributed by atoms with E-state index in [4.69, 9.17) is 5.11 Å². The van der Waals surface area contributed by atoms with Crippen molar-refractivity contribution in [2.75, 3.05) is 6.61 Å². The lowest BCUT2D eigenvalue weighted by molar-refractivity contribution is 0.298. The summed E-state index contributed by atoms with van der Waals surface area (Å²) >= 11 is 0. The number of phenols is 1. The van der Waals surface area contributed by atoms with Gasteiger partial charge in [0.05, 0.1) is 0 Å². The van der Waals surface area contributed by atoms with Gasteiger partial charge in [-0.25, -0.2) is 4.98 Å². The first-order valence-corrected chi connectivity index (χ1v) is 4.50. The Morgan fingerprint density at radius 2 is 2.00 bits per heavy atom. The standard InChI is InChI=1S/C11H11NO2/c13-7-6-9-5-4-8-2-1-3-10(14)11(8)12-9/h1-5,13-14H,6-7H2. The summed E-state index contributed by atoms with van der Waals surface area (Å²) in [5, 5.41) is 19.2. The highest BCUT2D eigenvalue weighted by Crippen LogP contribution is 2.22. The third-order valence-electron chi connectivity index (χ3n) is 2.12. The average Bonchev–Trinajstić information content (AvgIpc) is 2.20. The van der Waals surface area contributed by atoms with Crippen molar-refractivity contribution < 1.29 is 10.2 Å². The van der Waals surface area contributed by atoms with E-state index in [2.05, 4.69) is 4.98 Å². The maximum Gasteiger partial charge on any atom is 0.141 e. The zero-order valence-corrected chi connectivity index (χ0v) is 7.64. The Morgan fingerprint density at radius 3 is 2.79 bits per heavy atom. The quantitative estimate of drug-likeness (QED) is 0.752. The smallest absolute Gasteiger partial charge is 0.141 e. The van der Waals surface area contributed by atoms with Crippen molar-refractivity contribution in [2.45, 2.75) is 6.42 Å². The molecular weight excluding hydrogens is 178 g/mol. The number of phenolic OH excluding ortho intramolecular Hbond substituents is 1. The SMILES string of the molecule is OCCc1ccc2cccc(O)c2n1. The summed E-state index contributed by atoms with van der Waals surface area (Å²) in [7, 11) is 0. The molecule has 0 saturated heterocycles. The van der Waals surface area contributed by atoms with Crippen LogP contribution in [-0.4, -0.2) is 21.8 Å². The average molecular weight is 189 g/mol. The zero-order valence-electron chi connectivity index (χ0n) is 7.64. The second-order valence-electron chi connectivity index (χ2n) is 3.13. The minimum atomic E-state index is 0.0755. The van der Waals surface area contributed by atoms with Crippen molar-refractivity contribution in [3.8, 4) is 5.75 Å². The molecule has 0 amide bonds. The van der Waals surface area contributed by atoms with Gasteiger partial charge in [0.15, 0.2) is 0 Å². The molecule has 1 heterocycles. The molecule has 0 atom stereocenters. The molecule has 0 aliphatic carbocycles. The number of fused-ring (bicyclic) bond motifs is 1. The van der Waals surface area contributed by atoms with E-state index in [9.17, 15) is 5.11 Å². The molecule has 2 aromatic rings. The molecule has 0 fully saturated rings. The fraction of sp³-hybridized carbons (Fsp3) is 0.182. The van der Waals surface area contributed by atoms with Gasteiger partial charge >= 0.3 is 0 Å². The molecule has 0 bridgehead atoms. The summed E-state index contributed by atoms with van der Waals surface area (Å²) in [6.07, 6.45) is 0.518. The largest absolute Gasteiger partial charge is 0.506 e. The molecule has 0 spiro atoms. The number of nitrogens with zero attached hydrogens (tertiary/aromatic N) is 1. The van der Waals surface area contributed by atoms with Crippen LogP contribution in [0.15, 0.2) is 30.3 Å². The van der Waals surface area contributed by atoms with Crippen molar-refractivity contribution in [3.63, 3.8) is 0 Å². The Bertz CT molecular complexity index is 454. The second kappa shape index (κ2) is 3.64. The maximum atomic E-state index is 9.54. The van der Waals surface area contributed by atoms with Gasteiger partial charge in [0.2, 0.25) is 0 Å². The molecule has 14 heavy (non-hydrogen) atoms. The van der Waals surface area contributed by atoms with Crippen LogP contribution in [0.5, 0.6) is 5.75 Å². The fourth-order valence-electron chi connectivity index (χ4n) is 1.43. The molecule has 1 aromatic heterocycles. The summed E-state index contributed by atoms with van der Waals surface area (Å²) in [6, 6.07) is 9.04. The van der Waals surface area contributed by atoms with Gasteiger partial charge in [0, 0.05) is 24.1 Å². The van der Waals surface area contributed by atoms with Crippen LogP contribution in [0.4, 0.5) is 0 Å². The van der Waals surface area contributed by atoms with Crippen LogP contribution >= 0.6 is 0 Å². The van der Waals surface area contributed by atoms with Crippen LogP contribution in [0, 0.1) is 0 Å². The van der Waals surface area contributed by atoms with Gasteiger partial charge in [-0.2, -0.15) is 0 Å². The zero-order chi connectivity index (χ0) is 9.97. The number of para-hydroxylation sites is 1. The van der Waals surface area contributed by atoms with Gasteiger partial charge in [-0.15, -0.1) is 0 Å². The molecule has 72 valence electrons. The lowest BCUT2D eigenvalue weighted by atomic mass is 10.1. The Hall–Kier alpha value is -1.61. The first kappa shape index (κ1) is 8.97. The van der Waals surface area contributed by atoms with Gasteiger partial charge < -0.3 is 10.2 Å². The Balaban J connectivity index is 2.58. The maximum absolute atomic E-state index is 9.54. The number of aromatic nitrogens is 1. The minimum Gasteiger partial charge on any atom is -0.506 e. The number of aliphatic hydroxyl groups excluding tert-OH is 1. The highest BCUT2D eigenvalue weighted by molar-refractivity contribution is 5.84. The van der Waals surface area contributed by atoms with Crippen molar-refractivity contribution in [2.24, 2.45) is 0 Å². The van der Waals surface area contributed by atoms with Crippen LogP contribution in [-0.2, 0) is 6.42 Å². The van der Waals surface area contributed by atoms with Crippen LogP contribution in [0.2, 0.25) is 0 Å². The molecule has 2 rings (SSSR count).